The van der Waals surface area contributed by atoms with Crippen molar-refractivity contribution in [3.05, 3.63) is 0 Å². The van der Waals surface area contributed by atoms with Crippen LogP contribution in [-0.4, -0.2) is 25.7 Å². The third-order valence-corrected chi connectivity index (χ3v) is 4.53. The zero-order valence-electron chi connectivity index (χ0n) is 10.9. The predicted octanol–water partition coefficient (Wildman–Crippen LogP) is 2.69. The summed E-state index contributed by atoms with van der Waals surface area (Å²) in [5.74, 6) is 0. The van der Waals surface area contributed by atoms with Gasteiger partial charge in [0.25, 0.3) is 0 Å². The average molecular weight is 224 g/mol. The van der Waals surface area contributed by atoms with E-state index >= 15 is 0 Å². The minimum atomic E-state index is 0.711. The zero-order chi connectivity index (χ0) is 11.3. The summed E-state index contributed by atoms with van der Waals surface area (Å²) in [6.07, 6.45) is 11.2. The lowest BCUT2D eigenvalue weighted by Crippen LogP contribution is -2.34. The van der Waals surface area contributed by atoms with Crippen molar-refractivity contribution >= 4 is 0 Å². The van der Waals surface area contributed by atoms with E-state index < -0.39 is 0 Å². The number of rotatable bonds is 7. The fourth-order valence-electron chi connectivity index (χ4n) is 2.83. The van der Waals surface area contributed by atoms with Crippen LogP contribution in [-0.2, 0) is 0 Å². The van der Waals surface area contributed by atoms with Crippen molar-refractivity contribution in [2.75, 3.05) is 19.6 Å². The second-order valence-electron chi connectivity index (χ2n) is 5.82. The Morgan fingerprint density at radius 2 is 2.19 bits per heavy atom. The molecule has 16 heavy (non-hydrogen) atoms. The molecule has 1 unspecified atom stereocenters. The maximum Gasteiger partial charge on any atom is 0.00675 e. The molecule has 2 nitrogen and oxygen atoms in total. The van der Waals surface area contributed by atoms with Crippen LogP contribution >= 0.6 is 0 Å². The van der Waals surface area contributed by atoms with Crippen LogP contribution in [0.2, 0.25) is 0 Å². The van der Waals surface area contributed by atoms with Gasteiger partial charge in [-0.1, -0.05) is 13.3 Å². The van der Waals surface area contributed by atoms with Crippen molar-refractivity contribution in [2.24, 2.45) is 5.41 Å². The highest BCUT2D eigenvalue weighted by Gasteiger charge is 2.39. The third kappa shape index (κ3) is 3.74. The molecule has 0 spiro atoms. The van der Waals surface area contributed by atoms with Gasteiger partial charge in [-0.3, -0.25) is 0 Å². The summed E-state index contributed by atoms with van der Waals surface area (Å²) >= 11 is 0. The maximum atomic E-state index is 3.65. The summed E-state index contributed by atoms with van der Waals surface area (Å²) in [7, 11) is 0. The van der Waals surface area contributed by atoms with E-state index in [-0.39, 0.29) is 0 Å². The molecule has 2 N–H and O–H groups in total. The van der Waals surface area contributed by atoms with E-state index in [4.69, 9.17) is 0 Å². The molecule has 2 heteroatoms. The van der Waals surface area contributed by atoms with Gasteiger partial charge in [0.1, 0.15) is 0 Å². The molecule has 2 aliphatic rings. The van der Waals surface area contributed by atoms with Crippen LogP contribution in [0.5, 0.6) is 0 Å². The molecule has 1 heterocycles. The molecule has 94 valence electrons. The monoisotopic (exact) mass is 224 g/mol. The van der Waals surface area contributed by atoms with Crippen LogP contribution in [0.3, 0.4) is 0 Å². The van der Waals surface area contributed by atoms with Crippen LogP contribution < -0.4 is 10.6 Å². The standard InChI is InChI=1S/C14H28N2/c1-2-14(8-9-14)12-15-10-5-7-13-6-3-4-11-16-13/h13,15-16H,2-12H2,1H3. The smallest absolute Gasteiger partial charge is 0.00675 e. The van der Waals surface area contributed by atoms with Crippen LogP contribution in [0.1, 0.15) is 58.3 Å². The average Bonchev–Trinajstić information content (AvgIpc) is 3.11. The number of piperidine rings is 1. The molecule has 1 saturated heterocycles. The van der Waals surface area contributed by atoms with Gasteiger partial charge in [0.15, 0.2) is 0 Å². The molecule has 0 radical (unpaired) electrons. The molecule has 0 amide bonds. The molecule has 0 aromatic heterocycles. The van der Waals surface area contributed by atoms with Gasteiger partial charge < -0.3 is 10.6 Å². The Hall–Kier alpha value is -0.0800. The highest BCUT2D eigenvalue weighted by atomic mass is 14.9. The predicted molar refractivity (Wildman–Crippen MR) is 69.7 cm³/mol. The normalized spacial score (nSPS) is 27.9. The van der Waals surface area contributed by atoms with Crippen molar-refractivity contribution < 1.29 is 0 Å². The molecular weight excluding hydrogens is 196 g/mol. The van der Waals surface area contributed by atoms with E-state index in [1.54, 1.807) is 0 Å². The van der Waals surface area contributed by atoms with E-state index in [1.165, 1.54) is 71.0 Å². The van der Waals surface area contributed by atoms with Gasteiger partial charge in [-0.2, -0.15) is 0 Å². The van der Waals surface area contributed by atoms with Crippen LogP contribution in [0.15, 0.2) is 0 Å². The van der Waals surface area contributed by atoms with Gasteiger partial charge in [-0.05, 0) is 63.5 Å². The fraction of sp³-hybridized carbons (Fsp3) is 1.00. The Bertz CT molecular complexity index is 193. The van der Waals surface area contributed by atoms with Gasteiger partial charge in [-0.25, -0.2) is 0 Å². The van der Waals surface area contributed by atoms with E-state index in [0.717, 1.165) is 6.04 Å². The van der Waals surface area contributed by atoms with Gasteiger partial charge in [0.05, 0.1) is 0 Å². The first-order valence-electron chi connectivity index (χ1n) is 7.29. The van der Waals surface area contributed by atoms with Gasteiger partial charge in [-0.15, -0.1) is 0 Å². The minimum Gasteiger partial charge on any atom is -0.316 e. The molecule has 0 aromatic rings. The summed E-state index contributed by atoms with van der Waals surface area (Å²) in [6.45, 7) is 6.07. The summed E-state index contributed by atoms with van der Waals surface area (Å²) in [6, 6.07) is 0.816. The number of nitrogens with one attached hydrogen (secondary N) is 2. The van der Waals surface area contributed by atoms with E-state index in [0.29, 0.717) is 5.41 Å². The fourth-order valence-corrected chi connectivity index (χ4v) is 2.83. The molecule has 2 fully saturated rings. The summed E-state index contributed by atoms with van der Waals surface area (Å²) in [4.78, 5) is 0. The molecule has 1 aliphatic heterocycles. The van der Waals surface area contributed by atoms with Gasteiger partial charge in [0, 0.05) is 12.6 Å². The van der Waals surface area contributed by atoms with Gasteiger partial charge in [0.2, 0.25) is 0 Å². The largest absolute Gasteiger partial charge is 0.316 e. The lowest BCUT2D eigenvalue weighted by atomic mass is 10.0. The van der Waals surface area contributed by atoms with Gasteiger partial charge >= 0.3 is 0 Å². The number of hydrogen-bond donors (Lipinski definition) is 2. The van der Waals surface area contributed by atoms with Crippen molar-refractivity contribution in [3.63, 3.8) is 0 Å². The topological polar surface area (TPSA) is 24.1 Å². The first-order chi connectivity index (χ1) is 7.85. The van der Waals surface area contributed by atoms with E-state index in [9.17, 15) is 0 Å². The second-order valence-corrected chi connectivity index (χ2v) is 5.82. The lowest BCUT2D eigenvalue weighted by molar-refractivity contribution is 0.367. The molecule has 0 aromatic carbocycles. The second kappa shape index (κ2) is 6.02. The Balaban J connectivity index is 1.45. The first-order valence-corrected chi connectivity index (χ1v) is 7.29. The third-order valence-electron chi connectivity index (χ3n) is 4.53. The molecule has 0 bridgehead atoms. The number of hydrogen-bond acceptors (Lipinski definition) is 2. The summed E-state index contributed by atoms with van der Waals surface area (Å²) in [5, 5.41) is 7.27. The zero-order valence-corrected chi connectivity index (χ0v) is 10.9. The highest BCUT2D eigenvalue weighted by Crippen LogP contribution is 2.47. The van der Waals surface area contributed by atoms with Crippen molar-refractivity contribution in [2.45, 2.75) is 64.3 Å². The van der Waals surface area contributed by atoms with Crippen LogP contribution in [0.4, 0.5) is 0 Å². The summed E-state index contributed by atoms with van der Waals surface area (Å²) in [5.41, 5.74) is 0.711. The summed E-state index contributed by atoms with van der Waals surface area (Å²) < 4.78 is 0. The lowest BCUT2D eigenvalue weighted by Gasteiger charge is -2.23. The SMILES string of the molecule is CCC1(CNCCCC2CCCCN2)CC1. The molecule has 1 aliphatic carbocycles. The van der Waals surface area contributed by atoms with Crippen LogP contribution in [0, 0.1) is 5.41 Å². The Morgan fingerprint density at radius 1 is 1.31 bits per heavy atom. The highest BCUT2D eigenvalue weighted by molar-refractivity contribution is 4.93. The van der Waals surface area contributed by atoms with E-state index in [1.807, 2.05) is 0 Å². The van der Waals surface area contributed by atoms with Crippen molar-refractivity contribution in [1.29, 1.82) is 0 Å². The molecule has 2 rings (SSSR count). The maximum absolute atomic E-state index is 3.65. The molecule has 1 atom stereocenters. The Kier molecular flexibility index (Phi) is 4.66. The van der Waals surface area contributed by atoms with Crippen LogP contribution in [0.25, 0.3) is 0 Å². The van der Waals surface area contributed by atoms with Crippen molar-refractivity contribution in [1.82, 2.24) is 10.6 Å². The van der Waals surface area contributed by atoms with E-state index in [2.05, 4.69) is 17.6 Å². The Morgan fingerprint density at radius 3 is 2.81 bits per heavy atom. The molecule has 1 saturated carbocycles. The first kappa shape index (κ1) is 12.4. The quantitative estimate of drug-likeness (QED) is 0.650. The minimum absolute atomic E-state index is 0.711. The molecular formula is C14H28N2. The van der Waals surface area contributed by atoms with Crippen molar-refractivity contribution in [3.8, 4) is 0 Å². The Labute approximate surface area is 101 Å².